The highest BCUT2D eigenvalue weighted by molar-refractivity contribution is 6.00. The number of rotatable bonds is 6. The maximum Gasteiger partial charge on any atom is 0.408 e. The number of urea groups is 1. The van der Waals surface area contributed by atoms with Gasteiger partial charge in [0, 0.05) is 48.8 Å². The molecule has 2 bridgehead atoms. The number of nitrogens with one attached hydrogen (secondary N) is 2. The summed E-state index contributed by atoms with van der Waals surface area (Å²) in [6.45, 7) is 4.32. The second-order valence-electron chi connectivity index (χ2n) is 11.8. The first-order valence-corrected chi connectivity index (χ1v) is 15.2. The Morgan fingerprint density at radius 2 is 1.46 bits per heavy atom. The number of amides is 2. The van der Waals surface area contributed by atoms with E-state index in [-0.39, 0.29) is 23.6 Å². The Morgan fingerprint density at radius 3 is 2.04 bits per heavy atom. The normalized spacial score (nSPS) is 20.6. The predicted molar refractivity (Wildman–Crippen MR) is 167 cm³/mol. The lowest BCUT2D eigenvalue weighted by Gasteiger charge is -2.46. The zero-order valence-electron chi connectivity index (χ0n) is 25.2. The number of carbonyl (C=O) groups excluding carboxylic acids is 1. The average Bonchev–Trinajstić information content (AvgIpc) is 3.42. The maximum absolute atomic E-state index is 13.4. The molecule has 3 saturated heterocycles. The molecule has 0 spiro atoms. The van der Waals surface area contributed by atoms with E-state index in [1.165, 1.54) is 6.20 Å². The number of piperazine rings is 1. The number of carbonyl (C=O) groups is 1. The molecule has 2 aromatic heterocycles. The molecule has 12 nitrogen and oxygen atoms in total. The van der Waals surface area contributed by atoms with Crippen LogP contribution in [0.5, 0.6) is 0 Å². The highest BCUT2D eigenvalue weighted by Gasteiger charge is 2.38. The van der Waals surface area contributed by atoms with E-state index in [9.17, 15) is 18.0 Å². The zero-order valence-corrected chi connectivity index (χ0v) is 25.2. The van der Waals surface area contributed by atoms with E-state index >= 15 is 0 Å². The Morgan fingerprint density at radius 1 is 0.870 bits per heavy atom. The van der Waals surface area contributed by atoms with Crippen LogP contribution in [0.2, 0.25) is 0 Å². The van der Waals surface area contributed by atoms with Gasteiger partial charge in [-0.15, -0.1) is 0 Å². The monoisotopic (exact) mass is 637 g/mol. The predicted octanol–water partition coefficient (Wildman–Crippen LogP) is 4.06. The van der Waals surface area contributed by atoms with Crippen molar-refractivity contribution in [2.75, 3.05) is 80.1 Å². The fourth-order valence-electron chi connectivity index (χ4n) is 6.11. The minimum Gasteiger partial charge on any atom is -0.377 e. The van der Waals surface area contributed by atoms with Crippen LogP contribution in [-0.4, -0.2) is 109 Å². The first-order chi connectivity index (χ1) is 22.2. The Kier molecular flexibility index (Phi) is 8.13. The second-order valence-corrected chi connectivity index (χ2v) is 11.8. The van der Waals surface area contributed by atoms with Crippen molar-refractivity contribution in [3.8, 4) is 11.4 Å². The number of fused-ring (bicyclic) bond motifs is 3. The van der Waals surface area contributed by atoms with Crippen LogP contribution >= 0.6 is 0 Å². The summed E-state index contributed by atoms with van der Waals surface area (Å²) >= 11 is 0. The first kappa shape index (κ1) is 30.2. The molecule has 7 rings (SSSR count). The van der Waals surface area contributed by atoms with Crippen molar-refractivity contribution >= 4 is 39.9 Å². The number of hydrogen-bond donors (Lipinski definition) is 2. The van der Waals surface area contributed by atoms with Crippen molar-refractivity contribution in [1.82, 2.24) is 24.6 Å². The smallest absolute Gasteiger partial charge is 0.377 e. The van der Waals surface area contributed by atoms with Gasteiger partial charge >= 0.3 is 12.2 Å². The molecule has 3 fully saturated rings. The van der Waals surface area contributed by atoms with Crippen molar-refractivity contribution in [3.63, 3.8) is 0 Å². The summed E-state index contributed by atoms with van der Waals surface area (Å²) in [6.07, 6.45) is -3.09. The van der Waals surface area contributed by atoms with Crippen LogP contribution in [0.15, 0.2) is 54.7 Å². The van der Waals surface area contributed by atoms with Crippen molar-refractivity contribution in [2.24, 2.45) is 0 Å². The van der Waals surface area contributed by atoms with Crippen LogP contribution in [0, 0.1) is 0 Å². The van der Waals surface area contributed by atoms with Crippen LogP contribution in [0.4, 0.5) is 40.8 Å². The van der Waals surface area contributed by atoms with Gasteiger partial charge in [-0.05, 0) is 55.6 Å². The molecule has 0 aliphatic carbocycles. The summed E-state index contributed by atoms with van der Waals surface area (Å²) in [5.74, 6) is 0.739. The Bertz CT molecular complexity index is 1670. The summed E-state index contributed by atoms with van der Waals surface area (Å²) in [5, 5.41) is 10.1. The molecule has 2 aromatic carbocycles. The fourth-order valence-corrected chi connectivity index (χ4v) is 6.11. The van der Waals surface area contributed by atoms with E-state index in [1.54, 1.807) is 24.3 Å². The molecule has 0 radical (unpaired) electrons. The van der Waals surface area contributed by atoms with Gasteiger partial charge in [0.05, 0.1) is 50.1 Å². The van der Waals surface area contributed by atoms with Gasteiger partial charge in [0.1, 0.15) is 12.4 Å². The standard InChI is InChI=1S/C31H34F3N9O3/c1-40-10-12-41(13-11-40)23-8-6-22(7-9-23)37-30(44)36-21-4-2-20(3-5-21)27-38-28-26(14-35-42(28)19-31(32,33)34)29(39-27)43-24-15-45-17-25(43)18-46-16-24/h2-9,14,24-25H,10-13,15-19H2,1H3,(H2,36,37,44). The van der Waals surface area contributed by atoms with Crippen molar-refractivity contribution < 1.29 is 27.4 Å². The SMILES string of the molecule is CN1CCN(c2ccc(NC(=O)Nc3ccc(-c4nc(N5C6COCC5COC6)c5cnn(CC(F)(F)F)c5n4)cc3)cc2)CC1. The highest BCUT2D eigenvalue weighted by Crippen LogP contribution is 2.34. The van der Waals surface area contributed by atoms with Gasteiger partial charge in [0.15, 0.2) is 11.5 Å². The van der Waals surface area contributed by atoms with Gasteiger partial charge in [0.2, 0.25) is 0 Å². The number of morpholine rings is 2. The molecule has 2 N–H and O–H groups in total. The number of likely N-dealkylation sites (N-methyl/N-ethyl adjacent to an activating group) is 1. The minimum atomic E-state index is -4.48. The molecule has 3 aliphatic heterocycles. The van der Waals surface area contributed by atoms with Crippen molar-refractivity contribution in [2.45, 2.75) is 24.8 Å². The Hall–Kier alpha value is -4.47. The summed E-state index contributed by atoms with van der Waals surface area (Å²) in [5.41, 5.74) is 2.96. The molecule has 15 heteroatoms. The molecule has 0 saturated carbocycles. The third-order valence-electron chi connectivity index (χ3n) is 8.47. The zero-order chi connectivity index (χ0) is 31.8. The summed E-state index contributed by atoms with van der Waals surface area (Å²) in [4.78, 5) is 28.8. The first-order valence-electron chi connectivity index (χ1n) is 15.2. The van der Waals surface area contributed by atoms with Gasteiger partial charge in [-0.1, -0.05) is 0 Å². The molecular formula is C31H34F3N9O3. The fraction of sp³-hybridized carbons (Fsp3) is 0.419. The lowest BCUT2D eigenvalue weighted by molar-refractivity contribution is -0.141. The molecule has 2 amide bonds. The van der Waals surface area contributed by atoms with Gasteiger partial charge in [0.25, 0.3) is 0 Å². The Balaban J connectivity index is 1.09. The lowest BCUT2D eigenvalue weighted by atomic mass is 10.1. The third-order valence-corrected chi connectivity index (χ3v) is 8.47. The van der Waals surface area contributed by atoms with Crippen LogP contribution in [-0.2, 0) is 16.0 Å². The van der Waals surface area contributed by atoms with Crippen molar-refractivity contribution in [1.29, 1.82) is 0 Å². The molecule has 4 aromatic rings. The van der Waals surface area contributed by atoms with E-state index in [0.717, 1.165) is 36.5 Å². The maximum atomic E-state index is 13.4. The molecule has 5 heterocycles. The lowest BCUT2D eigenvalue weighted by Crippen LogP contribution is -2.60. The van der Waals surface area contributed by atoms with E-state index in [0.29, 0.717) is 54.6 Å². The van der Waals surface area contributed by atoms with Crippen LogP contribution in [0.25, 0.3) is 22.4 Å². The second kappa shape index (κ2) is 12.4. The number of hydrogen-bond acceptors (Lipinski definition) is 9. The Labute approximate surface area is 263 Å². The molecular weight excluding hydrogens is 603 g/mol. The van der Waals surface area contributed by atoms with E-state index in [2.05, 4.69) is 42.5 Å². The average molecular weight is 638 g/mol. The number of halogens is 3. The molecule has 46 heavy (non-hydrogen) atoms. The van der Waals surface area contributed by atoms with E-state index in [1.807, 2.05) is 24.3 Å². The third kappa shape index (κ3) is 6.43. The molecule has 242 valence electrons. The van der Waals surface area contributed by atoms with Crippen molar-refractivity contribution in [3.05, 3.63) is 54.7 Å². The van der Waals surface area contributed by atoms with E-state index in [4.69, 9.17) is 14.5 Å². The quantitative estimate of drug-likeness (QED) is 0.323. The number of ether oxygens (including phenoxy) is 2. The van der Waals surface area contributed by atoms with Crippen LogP contribution < -0.4 is 20.4 Å². The number of anilines is 4. The highest BCUT2D eigenvalue weighted by atomic mass is 19.4. The van der Waals surface area contributed by atoms with E-state index < -0.39 is 18.8 Å². The number of nitrogens with zero attached hydrogens (tertiary/aromatic N) is 7. The number of benzene rings is 2. The minimum absolute atomic E-state index is 0.0861. The van der Waals surface area contributed by atoms with Crippen LogP contribution in [0.1, 0.15) is 0 Å². The molecule has 0 atom stereocenters. The van der Waals surface area contributed by atoms with Gasteiger partial charge in [-0.2, -0.15) is 18.3 Å². The largest absolute Gasteiger partial charge is 0.408 e. The number of aromatic nitrogens is 4. The number of alkyl halides is 3. The summed E-state index contributed by atoms with van der Waals surface area (Å²) in [6, 6.07) is 13.9. The summed E-state index contributed by atoms with van der Waals surface area (Å²) < 4.78 is 52.6. The van der Waals surface area contributed by atoms with Gasteiger partial charge in [-0.25, -0.2) is 19.4 Å². The van der Waals surface area contributed by atoms with Gasteiger partial charge < -0.3 is 34.8 Å². The summed E-state index contributed by atoms with van der Waals surface area (Å²) in [7, 11) is 2.12. The molecule has 0 unspecified atom stereocenters. The van der Waals surface area contributed by atoms with Crippen LogP contribution in [0.3, 0.4) is 0 Å². The van der Waals surface area contributed by atoms with Gasteiger partial charge in [-0.3, -0.25) is 0 Å². The topological polar surface area (TPSA) is 113 Å². The molecule has 3 aliphatic rings.